The highest BCUT2D eigenvalue weighted by Gasteiger charge is 2.29. The van der Waals surface area contributed by atoms with E-state index in [1.54, 1.807) is 6.92 Å². The summed E-state index contributed by atoms with van der Waals surface area (Å²) >= 11 is 0. The normalized spacial score (nSPS) is 13.5. The van der Waals surface area contributed by atoms with E-state index in [2.05, 4.69) is 11.2 Å². The fourth-order valence-corrected chi connectivity index (χ4v) is 1.49. The average Bonchev–Trinajstić information content (AvgIpc) is 2.35. The number of hydrogen-bond acceptors (Lipinski definition) is 2. The molecular formula is C14H18N2O. The lowest BCUT2D eigenvalue weighted by Crippen LogP contribution is -2.49. The molecule has 0 aromatic heterocycles. The van der Waals surface area contributed by atoms with Crippen LogP contribution in [-0.2, 0) is 10.3 Å². The molecule has 1 aromatic carbocycles. The van der Waals surface area contributed by atoms with Gasteiger partial charge in [-0.3, -0.25) is 4.79 Å². The van der Waals surface area contributed by atoms with Gasteiger partial charge in [-0.1, -0.05) is 30.3 Å². The summed E-state index contributed by atoms with van der Waals surface area (Å²) in [5.74, 6) is 2.35. The predicted octanol–water partition coefficient (Wildman–Crippen LogP) is 1.39. The third kappa shape index (κ3) is 3.61. The predicted molar refractivity (Wildman–Crippen MR) is 69.1 cm³/mol. The molecule has 0 saturated carbocycles. The van der Waals surface area contributed by atoms with E-state index in [1.165, 1.54) is 0 Å². The molecule has 0 heterocycles. The van der Waals surface area contributed by atoms with Crippen molar-refractivity contribution in [3.63, 3.8) is 0 Å². The van der Waals surface area contributed by atoms with Gasteiger partial charge in [-0.2, -0.15) is 0 Å². The summed E-state index contributed by atoms with van der Waals surface area (Å²) in [4.78, 5) is 11.9. The van der Waals surface area contributed by atoms with E-state index in [4.69, 9.17) is 12.2 Å². The molecule has 0 aliphatic heterocycles. The summed E-state index contributed by atoms with van der Waals surface area (Å²) in [5, 5.41) is 2.80. The number of carbonyl (C=O) groups excluding carboxylic acids is 1. The molecule has 0 spiro atoms. The molecule has 0 fully saturated rings. The number of amides is 1. The fraction of sp³-hybridized carbons (Fsp3) is 0.357. The number of terminal acetylenes is 1. The topological polar surface area (TPSA) is 55.1 Å². The van der Waals surface area contributed by atoms with E-state index in [9.17, 15) is 4.79 Å². The number of nitrogens with two attached hydrogens (primary N) is 1. The van der Waals surface area contributed by atoms with Gasteiger partial charge in [-0.25, -0.2) is 0 Å². The van der Waals surface area contributed by atoms with Crippen LogP contribution in [0.1, 0.15) is 25.3 Å². The van der Waals surface area contributed by atoms with E-state index in [1.807, 2.05) is 30.3 Å². The zero-order valence-corrected chi connectivity index (χ0v) is 10.1. The molecule has 0 aliphatic rings. The van der Waals surface area contributed by atoms with Crippen LogP contribution < -0.4 is 11.1 Å². The first-order valence-electron chi connectivity index (χ1n) is 5.65. The summed E-state index contributed by atoms with van der Waals surface area (Å²) in [6.07, 6.45) is 6.57. The van der Waals surface area contributed by atoms with Crippen molar-refractivity contribution in [2.45, 2.75) is 25.3 Å². The smallest absolute Gasteiger partial charge is 0.244 e. The second kappa shape index (κ2) is 6.07. The molecular weight excluding hydrogens is 212 g/mol. The van der Waals surface area contributed by atoms with Crippen molar-refractivity contribution >= 4 is 5.91 Å². The molecule has 0 radical (unpaired) electrons. The van der Waals surface area contributed by atoms with Gasteiger partial charge in [0.2, 0.25) is 5.91 Å². The van der Waals surface area contributed by atoms with Crippen molar-refractivity contribution in [3.8, 4) is 12.3 Å². The summed E-state index contributed by atoms with van der Waals surface area (Å²) in [6.45, 7) is 2.27. The molecule has 3 N–H and O–H groups in total. The van der Waals surface area contributed by atoms with E-state index in [0.29, 0.717) is 13.0 Å². The molecule has 0 aliphatic carbocycles. The standard InChI is InChI=1S/C14H18N2O/c1-3-4-8-11-16-13(17)14(2,15)12-9-6-5-7-10-12/h1,5-7,9-10H,4,8,11,15H2,2H3,(H,16,17). The van der Waals surface area contributed by atoms with Crippen LogP contribution in [0.25, 0.3) is 0 Å². The number of carbonyl (C=O) groups is 1. The highest BCUT2D eigenvalue weighted by atomic mass is 16.2. The highest BCUT2D eigenvalue weighted by molar-refractivity contribution is 5.86. The Morgan fingerprint density at radius 2 is 2.12 bits per heavy atom. The molecule has 3 nitrogen and oxygen atoms in total. The third-order valence-corrected chi connectivity index (χ3v) is 2.63. The van der Waals surface area contributed by atoms with Crippen LogP contribution in [0.4, 0.5) is 0 Å². The highest BCUT2D eigenvalue weighted by Crippen LogP contribution is 2.17. The largest absolute Gasteiger partial charge is 0.354 e. The van der Waals surface area contributed by atoms with Crippen LogP contribution in [0.15, 0.2) is 30.3 Å². The molecule has 1 aromatic rings. The molecule has 1 amide bonds. The van der Waals surface area contributed by atoms with E-state index >= 15 is 0 Å². The summed E-state index contributed by atoms with van der Waals surface area (Å²) < 4.78 is 0. The van der Waals surface area contributed by atoms with Gasteiger partial charge in [0, 0.05) is 13.0 Å². The van der Waals surface area contributed by atoms with Crippen molar-refractivity contribution in [3.05, 3.63) is 35.9 Å². The van der Waals surface area contributed by atoms with Gasteiger partial charge in [0.15, 0.2) is 0 Å². The number of nitrogens with one attached hydrogen (secondary N) is 1. The molecule has 17 heavy (non-hydrogen) atoms. The van der Waals surface area contributed by atoms with Crippen LogP contribution >= 0.6 is 0 Å². The zero-order chi connectivity index (χ0) is 12.7. The van der Waals surface area contributed by atoms with Crippen molar-refractivity contribution in [1.29, 1.82) is 0 Å². The van der Waals surface area contributed by atoms with Crippen LogP contribution in [-0.4, -0.2) is 12.5 Å². The van der Waals surface area contributed by atoms with Crippen LogP contribution in [0.5, 0.6) is 0 Å². The molecule has 1 rings (SSSR count). The van der Waals surface area contributed by atoms with Crippen molar-refractivity contribution in [2.24, 2.45) is 5.73 Å². The Hall–Kier alpha value is -1.79. The Morgan fingerprint density at radius 3 is 2.71 bits per heavy atom. The molecule has 0 saturated heterocycles. The maximum atomic E-state index is 11.9. The van der Waals surface area contributed by atoms with Crippen molar-refractivity contribution < 1.29 is 4.79 Å². The van der Waals surface area contributed by atoms with Gasteiger partial charge in [-0.15, -0.1) is 12.3 Å². The lowest BCUT2D eigenvalue weighted by atomic mass is 9.92. The Kier molecular flexibility index (Phi) is 4.74. The minimum Gasteiger partial charge on any atom is -0.354 e. The van der Waals surface area contributed by atoms with Gasteiger partial charge in [0.1, 0.15) is 5.54 Å². The lowest BCUT2D eigenvalue weighted by molar-refractivity contribution is -0.126. The summed E-state index contributed by atoms with van der Waals surface area (Å²) in [5.41, 5.74) is 5.84. The first-order chi connectivity index (χ1) is 8.09. The molecule has 3 heteroatoms. The van der Waals surface area contributed by atoms with Gasteiger partial charge in [-0.05, 0) is 18.9 Å². The maximum absolute atomic E-state index is 11.9. The Balaban J connectivity index is 2.59. The van der Waals surface area contributed by atoms with Crippen LogP contribution in [0.2, 0.25) is 0 Å². The Morgan fingerprint density at radius 1 is 1.47 bits per heavy atom. The molecule has 1 unspecified atom stereocenters. The minimum absolute atomic E-state index is 0.180. The number of unbranched alkanes of at least 4 members (excludes halogenated alkanes) is 1. The zero-order valence-electron chi connectivity index (χ0n) is 10.1. The molecule has 1 atom stereocenters. The number of benzene rings is 1. The number of rotatable bonds is 5. The number of hydrogen-bond donors (Lipinski definition) is 2. The summed E-state index contributed by atoms with van der Waals surface area (Å²) in [7, 11) is 0. The second-order valence-corrected chi connectivity index (χ2v) is 4.13. The maximum Gasteiger partial charge on any atom is 0.244 e. The van der Waals surface area contributed by atoms with E-state index in [0.717, 1.165) is 12.0 Å². The first-order valence-corrected chi connectivity index (χ1v) is 5.65. The van der Waals surface area contributed by atoms with E-state index in [-0.39, 0.29) is 5.91 Å². The van der Waals surface area contributed by atoms with Crippen LogP contribution in [0.3, 0.4) is 0 Å². The van der Waals surface area contributed by atoms with Gasteiger partial charge in [0.05, 0.1) is 0 Å². The van der Waals surface area contributed by atoms with Gasteiger partial charge < -0.3 is 11.1 Å². The van der Waals surface area contributed by atoms with Crippen molar-refractivity contribution in [2.75, 3.05) is 6.54 Å². The van der Waals surface area contributed by atoms with Crippen LogP contribution in [0, 0.1) is 12.3 Å². The average molecular weight is 230 g/mol. The third-order valence-electron chi connectivity index (χ3n) is 2.63. The summed E-state index contributed by atoms with van der Waals surface area (Å²) in [6, 6.07) is 9.32. The first kappa shape index (κ1) is 13.3. The Labute approximate surface area is 102 Å². The SMILES string of the molecule is C#CCCCNC(=O)C(C)(N)c1ccccc1. The van der Waals surface area contributed by atoms with Gasteiger partial charge >= 0.3 is 0 Å². The van der Waals surface area contributed by atoms with E-state index < -0.39 is 5.54 Å². The minimum atomic E-state index is -1.00. The molecule has 90 valence electrons. The quantitative estimate of drug-likeness (QED) is 0.593. The fourth-order valence-electron chi connectivity index (χ4n) is 1.49. The second-order valence-electron chi connectivity index (χ2n) is 4.13. The monoisotopic (exact) mass is 230 g/mol. The van der Waals surface area contributed by atoms with Crippen molar-refractivity contribution in [1.82, 2.24) is 5.32 Å². The molecule has 0 bridgehead atoms. The lowest BCUT2D eigenvalue weighted by Gasteiger charge is -2.24. The Bertz CT molecular complexity index is 404. The van der Waals surface area contributed by atoms with Gasteiger partial charge in [0.25, 0.3) is 0 Å².